The molecular formula is C16H22ClNO2. The summed E-state index contributed by atoms with van der Waals surface area (Å²) < 4.78 is 5.41. The molecule has 20 heavy (non-hydrogen) atoms. The second kappa shape index (κ2) is 10.5. The zero-order chi connectivity index (χ0) is 14.6. The lowest BCUT2D eigenvalue weighted by Crippen LogP contribution is -2.23. The fourth-order valence-electron chi connectivity index (χ4n) is 1.58. The van der Waals surface area contributed by atoms with Crippen LogP contribution >= 0.6 is 11.6 Å². The number of carbonyl (C=O) groups excluding carboxylic acids is 1. The lowest BCUT2D eigenvalue weighted by Gasteiger charge is -2.04. The first-order chi connectivity index (χ1) is 9.72. The van der Waals surface area contributed by atoms with Gasteiger partial charge in [-0.05, 0) is 36.6 Å². The molecule has 0 spiro atoms. The van der Waals surface area contributed by atoms with E-state index in [2.05, 4.69) is 12.2 Å². The molecule has 0 aromatic heterocycles. The highest BCUT2D eigenvalue weighted by molar-refractivity contribution is 6.30. The normalized spacial score (nSPS) is 10.9. The van der Waals surface area contributed by atoms with Crippen LogP contribution < -0.4 is 5.32 Å². The SMILES string of the molecule is CCCCOCCCNC(=O)/C=C/c1cccc(Cl)c1. The Hall–Kier alpha value is -1.32. The summed E-state index contributed by atoms with van der Waals surface area (Å²) in [6.45, 7) is 4.26. The molecule has 1 aromatic carbocycles. The van der Waals surface area contributed by atoms with Crippen LogP contribution in [0.5, 0.6) is 0 Å². The number of benzene rings is 1. The molecular weight excluding hydrogens is 274 g/mol. The number of rotatable bonds is 9. The molecule has 4 heteroatoms. The third-order valence-electron chi connectivity index (χ3n) is 2.68. The third-order valence-corrected chi connectivity index (χ3v) is 2.92. The number of ether oxygens (including phenoxy) is 1. The Labute approximate surface area is 126 Å². The third kappa shape index (κ3) is 7.97. The van der Waals surface area contributed by atoms with Gasteiger partial charge in [0.05, 0.1) is 0 Å². The van der Waals surface area contributed by atoms with Crippen molar-refractivity contribution in [2.45, 2.75) is 26.2 Å². The van der Waals surface area contributed by atoms with Gasteiger partial charge in [0.25, 0.3) is 0 Å². The average molecular weight is 296 g/mol. The largest absolute Gasteiger partial charge is 0.381 e. The number of amides is 1. The molecule has 1 rings (SSSR count). The minimum Gasteiger partial charge on any atom is -0.381 e. The molecule has 0 saturated carbocycles. The van der Waals surface area contributed by atoms with E-state index in [-0.39, 0.29) is 5.91 Å². The zero-order valence-electron chi connectivity index (χ0n) is 11.9. The van der Waals surface area contributed by atoms with Crippen LogP contribution in [-0.4, -0.2) is 25.7 Å². The maximum atomic E-state index is 11.6. The van der Waals surface area contributed by atoms with E-state index in [9.17, 15) is 4.79 Å². The minimum atomic E-state index is -0.0986. The highest BCUT2D eigenvalue weighted by Gasteiger charge is 1.95. The van der Waals surface area contributed by atoms with Crippen molar-refractivity contribution in [2.24, 2.45) is 0 Å². The topological polar surface area (TPSA) is 38.3 Å². The lowest BCUT2D eigenvalue weighted by atomic mass is 10.2. The van der Waals surface area contributed by atoms with Crippen molar-refractivity contribution in [1.29, 1.82) is 0 Å². The summed E-state index contributed by atoms with van der Waals surface area (Å²) >= 11 is 5.87. The fourth-order valence-corrected chi connectivity index (χ4v) is 1.77. The summed E-state index contributed by atoms with van der Waals surface area (Å²) in [7, 11) is 0. The summed E-state index contributed by atoms with van der Waals surface area (Å²) in [5.41, 5.74) is 0.913. The standard InChI is InChI=1S/C16H22ClNO2/c1-2-3-11-20-12-5-10-18-16(19)9-8-14-6-4-7-15(17)13-14/h4,6-9,13H,2-3,5,10-12H2,1H3,(H,18,19)/b9-8+. The summed E-state index contributed by atoms with van der Waals surface area (Å²) in [6.07, 6.45) is 6.34. The van der Waals surface area contributed by atoms with Gasteiger partial charge in [-0.3, -0.25) is 4.79 Å². The zero-order valence-corrected chi connectivity index (χ0v) is 12.7. The van der Waals surface area contributed by atoms with E-state index in [0.29, 0.717) is 18.2 Å². The Kier molecular flexibility index (Phi) is 8.76. The minimum absolute atomic E-state index is 0.0986. The highest BCUT2D eigenvalue weighted by Crippen LogP contribution is 2.11. The molecule has 0 aliphatic heterocycles. The second-order valence-electron chi connectivity index (χ2n) is 4.50. The second-order valence-corrected chi connectivity index (χ2v) is 4.94. The van der Waals surface area contributed by atoms with E-state index in [1.54, 1.807) is 12.1 Å². The molecule has 110 valence electrons. The maximum absolute atomic E-state index is 11.6. The van der Waals surface area contributed by atoms with E-state index in [1.807, 2.05) is 18.2 Å². The number of carbonyl (C=O) groups is 1. The fraction of sp³-hybridized carbons (Fsp3) is 0.438. The van der Waals surface area contributed by atoms with Crippen LogP contribution in [0.1, 0.15) is 31.7 Å². The van der Waals surface area contributed by atoms with Gasteiger partial charge in [0.1, 0.15) is 0 Å². The van der Waals surface area contributed by atoms with Gasteiger partial charge in [0, 0.05) is 30.9 Å². The molecule has 0 aliphatic rings. The van der Waals surface area contributed by atoms with Gasteiger partial charge in [-0.1, -0.05) is 37.1 Å². The quantitative estimate of drug-likeness (QED) is 0.557. The Morgan fingerprint density at radius 1 is 1.35 bits per heavy atom. The van der Waals surface area contributed by atoms with Gasteiger partial charge < -0.3 is 10.1 Å². The first-order valence-electron chi connectivity index (χ1n) is 7.01. The van der Waals surface area contributed by atoms with Gasteiger partial charge in [-0.25, -0.2) is 0 Å². The van der Waals surface area contributed by atoms with Crippen molar-refractivity contribution in [1.82, 2.24) is 5.32 Å². The van der Waals surface area contributed by atoms with Crippen molar-refractivity contribution >= 4 is 23.6 Å². The molecule has 0 radical (unpaired) electrons. The Bertz CT molecular complexity index is 432. The summed E-state index contributed by atoms with van der Waals surface area (Å²) in [6, 6.07) is 7.37. The van der Waals surface area contributed by atoms with Crippen molar-refractivity contribution in [3.05, 3.63) is 40.9 Å². The average Bonchev–Trinajstić information content (AvgIpc) is 2.44. The molecule has 0 saturated heterocycles. The van der Waals surface area contributed by atoms with E-state index in [4.69, 9.17) is 16.3 Å². The first-order valence-corrected chi connectivity index (χ1v) is 7.39. The molecule has 0 atom stereocenters. The number of hydrogen-bond acceptors (Lipinski definition) is 2. The summed E-state index contributed by atoms with van der Waals surface area (Å²) in [5, 5.41) is 3.48. The number of unbranched alkanes of at least 4 members (excludes halogenated alkanes) is 1. The Balaban J connectivity index is 2.14. The van der Waals surface area contributed by atoms with E-state index < -0.39 is 0 Å². The monoisotopic (exact) mass is 295 g/mol. The molecule has 3 nitrogen and oxygen atoms in total. The van der Waals surface area contributed by atoms with Crippen LogP contribution in [0.3, 0.4) is 0 Å². The van der Waals surface area contributed by atoms with Gasteiger partial charge in [0.2, 0.25) is 5.91 Å². The molecule has 0 heterocycles. The molecule has 1 amide bonds. The predicted molar refractivity (Wildman–Crippen MR) is 83.8 cm³/mol. The van der Waals surface area contributed by atoms with Crippen LogP contribution in [0, 0.1) is 0 Å². The molecule has 1 aromatic rings. The molecule has 0 aliphatic carbocycles. The van der Waals surface area contributed by atoms with Crippen molar-refractivity contribution < 1.29 is 9.53 Å². The van der Waals surface area contributed by atoms with Crippen LogP contribution in [0.15, 0.2) is 30.3 Å². The molecule has 0 fully saturated rings. The van der Waals surface area contributed by atoms with Gasteiger partial charge >= 0.3 is 0 Å². The van der Waals surface area contributed by atoms with Gasteiger partial charge in [-0.2, -0.15) is 0 Å². The number of halogens is 1. The van der Waals surface area contributed by atoms with Crippen molar-refractivity contribution in [2.75, 3.05) is 19.8 Å². The van der Waals surface area contributed by atoms with Crippen LogP contribution in [0.4, 0.5) is 0 Å². The molecule has 1 N–H and O–H groups in total. The molecule has 0 bridgehead atoms. The van der Waals surface area contributed by atoms with Gasteiger partial charge in [0.15, 0.2) is 0 Å². The van der Waals surface area contributed by atoms with Gasteiger partial charge in [-0.15, -0.1) is 0 Å². The lowest BCUT2D eigenvalue weighted by molar-refractivity contribution is -0.116. The molecule has 0 unspecified atom stereocenters. The van der Waals surface area contributed by atoms with E-state index in [0.717, 1.165) is 31.4 Å². The predicted octanol–water partition coefficient (Wildman–Crippen LogP) is 3.68. The Morgan fingerprint density at radius 2 is 2.15 bits per heavy atom. The first kappa shape index (κ1) is 16.7. The number of hydrogen-bond donors (Lipinski definition) is 1. The van der Waals surface area contributed by atoms with E-state index in [1.165, 1.54) is 6.08 Å². The van der Waals surface area contributed by atoms with Crippen LogP contribution in [-0.2, 0) is 9.53 Å². The van der Waals surface area contributed by atoms with Crippen molar-refractivity contribution in [3.8, 4) is 0 Å². The summed E-state index contributed by atoms with van der Waals surface area (Å²) in [4.78, 5) is 11.6. The van der Waals surface area contributed by atoms with Crippen LogP contribution in [0.2, 0.25) is 5.02 Å². The Morgan fingerprint density at radius 3 is 2.90 bits per heavy atom. The van der Waals surface area contributed by atoms with Crippen molar-refractivity contribution in [3.63, 3.8) is 0 Å². The number of nitrogens with one attached hydrogen (secondary N) is 1. The smallest absolute Gasteiger partial charge is 0.244 e. The summed E-state index contributed by atoms with van der Waals surface area (Å²) in [5.74, 6) is -0.0986. The highest BCUT2D eigenvalue weighted by atomic mass is 35.5. The van der Waals surface area contributed by atoms with E-state index >= 15 is 0 Å². The maximum Gasteiger partial charge on any atom is 0.244 e. The van der Waals surface area contributed by atoms with Crippen LogP contribution in [0.25, 0.3) is 6.08 Å².